The quantitative estimate of drug-likeness (QED) is 0.676. The fourth-order valence-corrected chi connectivity index (χ4v) is 2.04. The van der Waals surface area contributed by atoms with Gasteiger partial charge in [-0.05, 0) is 12.1 Å². The highest BCUT2D eigenvalue weighted by Crippen LogP contribution is 2.35. The lowest BCUT2D eigenvalue weighted by Crippen LogP contribution is -2.46. The lowest BCUT2D eigenvalue weighted by Gasteiger charge is -2.34. The summed E-state index contributed by atoms with van der Waals surface area (Å²) in [6.45, 7) is 2.36. The fourth-order valence-electron chi connectivity index (χ4n) is 2.04. The van der Waals surface area contributed by atoms with Crippen molar-refractivity contribution in [2.75, 3.05) is 25.1 Å². The molecule has 2 aliphatic rings. The SMILES string of the molecule is c1ccc2c(c1)NCC1(CCOC1)O2. The predicted molar refractivity (Wildman–Crippen MR) is 53.7 cm³/mol. The van der Waals surface area contributed by atoms with Crippen LogP contribution in [0.3, 0.4) is 0 Å². The van der Waals surface area contributed by atoms with Crippen molar-refractivity contribution in [1.82, 2.24) is 0 Å². The summed E-state index contributed by atoms with van der Waals surface area (Å²) < 4.78 is 11.4. The van der Waals surface area contributed by atoms with Gasteiger partial charge >= 0.3 is 0 Å². The maximum Gasteiger partial charge on any atom is 0.151 e. The molecule has 0 aromatic heterocycles. The van der Waals surface area contributed by atoms with Crippen LogP contribution in [0.4, 0.5) is 5.69 Å². The number of fused-ring (bicyclic) bond motifs is 1. The molecule has 1 aromatic carbocycles. The topological polar surface area (TPSA) is 30.5 Å². The number of benzene rings is 1. The molecule has 0 bridgehead atoms. The average molecular weight is 191 g/mol. The summed E-state index contributed by atoms with van der Waals surface area (Å²) in [5.74, 6) is 0.948. The first-order valence-electron chi connectivity index (χ1n) is 4.98. The van der Waals surface area contributed by atoms with E-state index in [9.17, 15) is 0 Å². The molecule has 3 rings (SSSR count). The smallest absolute Gasteiger partial charge is 0.151 e. The van der Waals surface area contributed by atoms with Crippen LogP contribution in [-0.2, 0) is 4.74 Å². The van der Waals surface area contributed by atoms with Crippen LogP contribution in [0.15, 0.2) is 24.3 Å². The first kappa shape index (κ1) is 8.12. The maximum absolute atomic E-state index is 5.99. The van der Waals surface area contributed by atoms with E-state index in [0.717, 1.165) is 31.0 Å². The molecule has 1 N–H and O–H groups in total. The van der Waals surface area contributed by atoms with Gasteiger partial charge in [-0.3, -0.25) is 0 Å². The molecule has 0 amide bonds. The van der Waals surface area contributed by atoms with Gasteiger partial charge in [0.1, 0.15) is 5.75 Å². The highest BCUT2D eigenvalue weighted by Gasteiger charge is 2.40. The zero-order valence-corrected chi connectivity index (χ0v) is 7.95. The van der Waals surface area contributed by atoms with Crippen molar-refractivity contribution in [2.24, 2.45) is 0 Å². The molecule has 0 saturated carbocycles. The van der Waals surface area contributed by atoms with E-state index in [-0.39, 0.29) is 5.60 Å². The zero-order chi connectivity index (χ0) is 9.43. The van der Waals surface area contributed by atoms with Crippen LogP contribution in [0.1, 0.15) is 6.42 Å². The summed E-state index contributed by atoms with van der Waals surface area (Å²) in [7, 11) is 0. The molecule has 2 aliphatic heterocycles. The van der Waals surface area contributed by atoms with Crippen molar-refractivity contribution in [1.29, 1.82) is 0 Å². The van der Waals surface area contributed by atoms with Crippen molar-refractivity contribution >= 4 is 5.69 Å². The Bertz CT molecular complexity index is 345. The molecule has 1 unspecified atom stereocenters. The minimum Gasteiger partial charge on any atom is -0.481 e. The van der Waals surface area contributed by atoms with E-state index in [1.165, 1.54) is 0 Å². The Kier molecular flexibility index (Phi) is 1.67. The van der Waals surface area contributed by atoms with Crippen LogP contribution in [0, 0.1) is 0 Å². The molecular formula is C11H13NO2. The molecular weight excluding hydrogens is 178 g/mol. The largest absolute Gasteiger partial charge is 0.481 e. The number of rotatable bonds is 0. The molecule has 14 heavy (non-hydrogen) atoms. The first-order chi connectivity index (χ1) is 6.88. The summed E-state index contributed by atoms with van der Waals surface area (Å²) in [5, 5.41) is 3.39. The van der Waals surface area contributed by atoms with E-state index in [4.69, 9.17) is 9.47 Å². The summed E-state index contributed by atoms with van der Waals surface area (Å²) in [4.78, 5) is 0. The van der Waals surface area contributed by atoms with Gasteiger partial charge < -0.3 is 14.8 Å². The van der Waals surface area contributed by atoms with Gasteiger partial charge in [-0.15, -0.1) is 0 Å². The predicted octanol–water partition coefficient (Wildman–Crippen LogP) is 1.65. The Labute approximate surface area is 83.0 Å². The Morgan fingerprint density at radius 1 is 1.29 bits per heavy atom. The van der Waals surface area contributed by atoms with Gasteiger partial charge in [0.2, 0.25) is 0 Å². The van der Waals surface area contributed by atoms with Gasteiger partial charge in [-0.2, -0.15) is 0 Å². The molecule has 1 saturated heterocycles. The van der Waals surface area contributed by atoms with Crippen LogP contribution in [0.5, 0.6) is 5.75 Å². The minimum atomic E-state index is -0.117. The highest BCUT2D eigenvalue weighted by atomic mass is 16.6. The van der Waals surface area contributed by atoms with Gasteiger partial charge in [0.15, 0.2) is 5.60 Å². The summed E-state index contributed by atoms with van der Waals surface area (Å²) in [6.07, 6.45) is 0.980. The van der Waals surface area contributed by atoms with E-state index >= 15 is 0 Å². The minimum absolute atomic E-state index is 0.117. The van der Waals surface area contributed by atoms with Gasteiger partial charge in [0.25, 0.3) is 0 Å². The second-order valence-corrected chi connectivity index (χ2v) is 3.94. The van der Waals surface area contributed by atoms with Crippen molar-refractivity contribution in [2.45, 2.75) is 12.0 Å². The normalized spacial score (nSPS) is 29.4. The average Bonchev–Trinajstić information content (AvgIpc) is 2.66. The van der Waals surface area contributed by atoms with Crippen LogP contribution in [0.25, 0.3) is 0 Å². The van der Waals surface area contributed by atoms with Crippen molar-refractivity contribution in [3.05, 3.63) is 24.3 Å². The van der Waals surface area contributed by atoms with Crippen molar-refractivity contribution in [3.8, 4) is 5.75 Å². The molecule has 0 aliphatic carbocycles. The first-order valence-corrected chi connectivity index (χ1v) is 4.98. The fraction of sp³-hybridized carbons (Fsp3) is 0.455. The third-order valence-electron chi connectivity index (χ3n) is 2.88. The van der Waals surface area contributed by atoms with Crippen molar-refractivity contribution in [3.63, 3.8) is 0 Å². The number of hydrogen-bond donors (Lipinski definition) is 1. The molecule has 1 fully saturated rings. The molecule has 1 atom stereocenters. The van der Waals surface area contributed by atoms with Crippen LogP contribution < -0.4 is 10.1 Å². The van der Waals surface area contributed by atoms with Gasteiger partial charge in [-0.1, -0.05) is 12.1 Å². The number of para-hydroxylation sites is 2. The van der Waals surface area contributed by atoms with Crippen LogP contribution >= 0.6 is 0 Å². The second kappa shape index (κ2) is 2.89. The standard InChI is InChI=1S/C11H13NO2/c1-2-4-10-9(3-1)12-7-11(14-10)5-6-13-8-11/h1-4,12H,5-8H2. The van der Waals surface area contributed by atoms with E-state index in [1.54, 1.807) is 0 Å². The van der Waals surface area contributed by atoms with Crippen LogP contribution in [-0.4, -0.2) is 25.4 Å². The van der Waals surface area contributed by atoms with Crippen LogP contribution in [0.2, 0.25) is 0 Å². The van der Waals surface area contributed by atoms with Crippen molar-refractivity contribution < 1.29 is 9.47 Å². The lowest BCUT2D eigenvalue weighted by molar-refractivity contribution is 0.0560. The maximum atomic E-state index is 5.99. The number of anilines is 1. The lowest BCUT2D eigenvalue weighted by atomic mass is 10.0. The Balaban J connectivity index is 1.92. The number of nitrogens with one attached hydrogen (secondary N) is 1. The molecule has 74 valence electrons. The third kappa shape index (κ3) is 1.16. The van der Waals surface area contributed by atoms with Gasteiger partial charge in [0, 0.05) is 6.42 Å². The monoisotopic (exact) mass is 191 g/mol. The van der Waals surface area contributed by atoms with E-state index in [2.05, 4.69) is 5.32 Å². The molecule has 0 radical (unpaired) electrons. The summed E-state index contributed by atoms with van der Waals surface area (Å²) >= 11 is 0. The Morgan fingerprint density at radius 2 is 2.21 bits per heavy atom. The van der Waals surface area contributed by atoms with E-state index < -0.39 is 0 Å². The molecule has 1 spiro atoms. The third-order valence-corrected chi connectivity index (χ3v) is 2.88. The highest BCUT2D eigenvalue weighted by molar-refractivity contribution is 5.58. The zero-order valence-electron chi connectivity index (χ0n) is 7.95. The number of ether oxygens (including phenoxy) is 2. The summed E-state index contributed by atoms with van der Waals surface area (Å²) in [6, 6.07) is 8.05. The van der Waals surface area contributed by atoms with E-state index in [1.807, 2.05) is 24.3 Å². The molecule has 1 aromatic rings. The number of hydrogen-bond acceptors (Lipinski definition) is 3. The van der Waals surface area contributed by atoms with Gasteiger partial charge in [0.05, 0.1) is 25.4 Å². The Hall–Kier alpha value is -1.22. The van der Waals surface area contributed by atoms with Gasteiger partial charge in [-0.25, -0.2) is 0 Å². The molecule has 3 heteroatoms. The second-order valence-electron chi connectivity index (χ2n) is 3.94. The van der Waals surface area contributed by atoms with E-state index in [0.29, 0.717) is 6.61 Å². The molecule has 2 heterocycles. The molecule has 3 nitrogen and oxygen atoms in total. The Morgan fingerprint density at radius 3 is 3.07 bits per heavy atom. The summed E-state index contributed by atoms with van der Waals surface area (Å²) in [5.41, 5.74) is 0.971.